The summed E-state index contributed by atoms with van der Waals surface area (Å²) in [5.41, 5.74) is -3.17. The predicted octanol–water partition coefficient (Wildman–Crippen LogP) is 2.84. The molecule has 0 spiro atoms. The molecule has 1 rings (SSSR count). The quantitative estimate of drug-likeness (QED) is 0.807. The fourth-order valence-electron chi connectivity index (χ4n) is 1.27. The number of aliphatic hydroxyl groups excluding tert-OH is 1. The molecule has 1 N–H and O–H groups in total. The van der Waals surface area contributed by atoms with Crippen LogP contribution in [0.3, 0.4) is 0 Å². The summed E-state index contributed by atoms with van der Waals surface area (Å²) < 4.78 is 62.1. The van der Waals surface area contributed by atoms with E-state index < -0.39 is 41.7 Å². The normalized spacial score (nSPS) is 12.2. The summed E-state index contributed by atoms with van der Waals surface area (Å²) in [6.45, 7) is 0.113. The van der Waals surface area contributed by atoms with Gasteiger partial charge < -0.3 is 5.11 Å². The van der Waals surface area contributed by atoms with Crippen molar-refractivity contribution in [2.45, 2.75) is 26.1 Å². The highest BCUT2D eigenvalue weighted by molar-refractivity contribution is 5.34. The molecule has 0 amide bonds. The monoisotopic (exact) mass is 241 g/mol. The van der Waals surface area contributed by atoms with Gasteiger partial charge in [-0.15, -0.1) is 0 Å². The van der Waals surface area contributed by atoms with Gasteiger partial charge in [0.1, 0.15) is 5.69 Å². The molecule has 0 saturated heterocycles. The lowest BCUT2D eigenvalue weighted by molar-refractivity contribution is -0.142. The topological polar surface area (TPSA) is 33.1 Å². The van der Waals surface area contributed by atoms with Crippen LogP contribution in [0.25, 0.3) is 0 Å². The third-order valence-corrected chi connectivity index (χ3v) is 2.03. The Hall–Kier alpha value is -1.24. The molecule has 0 atom stereocenters. The van der Waals surface area contributed by atoms with Crippen LogP contribution in [0.4, 0.5) is 22.0 Å². The maximum absolute atomic E-state index is 12.4. The first-order valence-corrected chi connectivity index (χ1v) is 4.24. The smallest absolute Gasteiger partial charge is 0.390 e. The van der Waals surface area contributed by atoms with Crippen LogP contribution in [0.2, 0.25) is 0 Å². The lowest BCUT2D eigenvalue weighted by Crippen LogP contribution is -2.14. The predicted molar refractivity (Wildman–Crippen MR) is 44.9 cm³/mol. The number of rotatable bonds is 2. The number of hydrogen-bond donors (Lipinski definition) is 1. The van der Waals surface area contributed by atoms with E-state index in [-0.39, 0.29) is 0 Å². The van der Waals surface area contributed by atoms with Crippen molar-refractivity contribution in [2.75, 3.05) is 0 Å². The largest absolute Gasteiger partial charge is 0.433 e. The lowest BCUT2D eigenvalue weighted by Gasteiger charge is -2.14. The molecule has 90 valence electrons. The fraction of sp³-hybridized carbons (Fsp3) is 0.444. The van der Waals surface area contributed by atoms with E-state index in [1.54, 1.807) is 0 Å². The Morgan fingerprint density at radius 3 is 2.31 bits per heavy atom. The summed E-state index contributed by atoms with van der Waals surface area (Å²) in [6, 6.07) is 0.773. The number of aliphatic hydroxyl groups is 1. The standard InChI is InChI=1S/C9H8F5NO/c1-4-6(8(10)11)2-5(3-16)15-7(4)9(12,13)14/h2,8,16H,3H2,1H3. The van der Waals surface area contributed by atoms with Crippen molar-refractivity contribution < 1.29 is 27.1 Å². The summed E-state index contributed by atoms with van der Waals surface area (Å²) in [6.07, 6.45) is -7.84. The minimum atomic E-state index is -4.81. The zero-order valence-corrected chi connectivity index (χ0v) is 8.15. The van der Waals surface area contributed by atoms with Gasteiger partial charge in [-0.1, -0.05) is 0 Å². The van der Waals surface area contributed by atoms with E-state index in [0.717, 1.165) is 13.0 Å². The molecule has 0 bridgehead atoms. The molecule has 1 aromatic heterocycles. The number of pyridine rings is 1. The average molecular weight is 241 g/mol. The summed E-state index contributed by atoms with van der Waals surface area (Å²) in [5, 5.41) is 8.65. The highest BCUT2D eigenvalue weighted by atomic mass is 19.4. The second kappa shape index (κ2) is 4.32. The van der Waals surface area contributed by atoms with Crippen LogP contribution < -0.4 is 0 Å². The Labute approximate surface area is 87.7 Å². The van der Waals surface area contributed by atoms with Gasteiger partial charge in [-0.2, -0.15) is 13.2 Å². The lowest BCUT2D eigenvalue weighted by atomic mass is 10.1. The van der Waals surface area contributed by atoms with Crippen molar-refractivity contribution in [3.63, 3.8) is 0 Å². The number of halogens is 5. The Kier molecular flexibility index (Phi) is 3.47. The van der Waals surface area contributed by atoms with E-state index in [2.05, 4.69) is 4.98 Å². The molecular formula is C9H8F5NO. The van der Waals surface area contributed by atoms with Gasteiger partial charge in [-0.3, -0.25) is 0 Å². The molecule has 0 aliphatic rings. The number of hydrogen-bond acceptors (Lipinski definition) is 2. The van der Waals surface area contributed by atoms with Gasteiger partial charge in [0.05, 0.1) is 12.3 Å². The first-order valence-electron chi connectivity index (χ1n) is 4.24. The van der Waals surface area contributed by atoms with Crippen molar-refractivity contribution >= 4 is 0 Å². The van der Waals surface area contributed by atoms with Crippen molar-refractivity contribution in [3.8, 4) is 0 Å². The van der Waals surface area contributed by atoms with E-state index in [4.69, 9.17) is 5.11 Å². The zero-order chi connectivity index (χ0) is 12.5. The highest BCUT2D eigenvalue weighted by Gasteiger charge is 2.36. The van der Waals surface area contributed by atoms with Crippen LogP contribution in [0, 0.1) is 6.92 Å². The maximum atomic E-state index is 12.4. The van der Waals surface area contributed by atoms with E-state index in [1.807, 2.05) is 0 Å². The van der Waals surface area contributed by atoms with Gasteiger partial charge in [0.25, 0.3) is 6.43 Å². The molecule has 0 aromatic carbocycles. The third kappa shape index (κ3) is 2.46. The van der Waals surface area contributed by atoms with Gasteiger partial charge in [-0.05, 0) is 18.6 Å². The zero-order valence-electron chi connectivity index (χ0n) is 8.15. The van der Waals surface area contributed by atoms with Crippen molar-refractivity contribution in [1.29, 1.82) is 0 Å². The first-order chi connectivity index (χ1) is 7.27. The molecule has 0 saturated carbocycles. The molecule has 0 radical (unpaired) electrons. The fourth-order valence-corrected chi connectivity index (χ4v) is 1.27. The minimum Gasteiger partial charge on any atom is -0.390 e. The minimum absolute atomic E-state index is 0.423. The highest BCUT2D eigenvalue weighted by Crippen LogP contribution is 2.34. The van der Waals surface area contributed by atoms with Crippen LogP contribution in [-0.4, -0.2) is 10.1 Å². The second-order valence-corrected chi connectivity index (χ2v) is 3.13. The average Bonchev–Trinajstić information content (AvgIpc) is 2.15. The molecule has 0 unspecified atom stereocenters. The molecule has 0 aliphatic carbocycles. The van der Waals surface area contributed by atoms with Crippen LogP contribution >= 0.6 is 0 Å². The van der Waals surface area contributed by atoms with Gasteiger partial charge in [0.15, 0.2) is 0 Å². The van der Waals surface area contributed by atoms with Gasteiger partial charge in [0.2, 0.25) is 0 Å². The van der Waals surface area contributed by atoms with Gasteiger partial charge in [-0.25, -0.2) is 13.8 Å². The number of nitrogens with zero attached hydrogens (tertiary/aromatic N) is 1. The molecule has 7 heteroatoms. The van der Waals surface area contributed by atoms with Crippen molar-refractivity contribution in [1.82, 2.24) is 4.98 Å². The summed E-state index contributed by atoms with van der Waals surface area (Å²) >= 11 is 0. The third-order valence-electron chi connectivity index (χ3n) is 2.03. The Morgan fingerprint density at radius 1 is 1.38 bits per heavy atom. The molecular weight excluding hydrogens is 233 g/mol. The van der Waals surface area contributed by atoms with E-state index in [9.17, 15) is 22.0 Å². The summed E-state index contributed by atoms with van der Waals surface area (Å²) in [5.74, 6) is 0. The summed E-state index contributed by atoms with van der Waals surface area (Å²) in [4.78, 5) is 3.10. The van der Waals surface area contributed by atoms with Crippen LogP contribution in [-0.2, 0) is 12.8 Å². The van der Waals surface area contributed by atoms with E-state index in [0.29, 0.717) is 0 Å². The Balaban J connectivity index is 3.44. The number of aromatic nitrogens is 1. The maximum Gasteiger partial charge on any atom is 0.433 e. The molecule has 1 aromatic rings. The van der Waals surface area contributed by atoms with E-state index in [1.165, 1.54) is 0 Å². The SMILES string of the molecule is Cc1c(C(F)F)cc(CO)nc1C(F)(F)F. The number of alkyl halides is 5. The Bertz CT molecular complexity index is 388. The molecule has 0 aliphatic heterocycles. The van der Waals surface area contributed by atoms with Crippen LogP contribution in [0.5, 0.6) is 0 Å². The molecule has 0 fully saturated rings. The Morgan fingerprint density at radius 2 is 1.94 bits per heavy atom. The summed E-state index contributed by atoms with van der Waals surface area (Å²) in [7, 11) is 0. The van der Waals surface area contributed by atoms with E-state index >= 15 is 0 Å². The van der Waals surface area contributed by atoms with Gasteiger partial charge in [0, 0.05) is 5.56 Å². The second-order valence-electron chi connectivity index (χ2n) is 3.13. The molecule has 2 nitrogen and oxygen atoms in total. The van der Waals surface area contributed by atoms with Crippen molar-refractivity contribution in [2.24, 2.45) is 0 Å². The van der Waals surface area contributed by atoms with Crippen LogP contribution in [0.1, 0.15) is 28.9 Å². The first kappa shape index (κ1) is 12.8. The van der Waals surface area contributed by atoms with Gasteiger partial charge >= 0.3 is 6.18 Å². The molecule has 16 heavy (non-hydrogen) atoms. The van der Waals surface area contributed by atoms with Crippen molar-refractivity contribution in [3.05, 3.63) is 28.6 Å². The molecule has 1 heterocycles. The van der Waals surface area contributed by atoms with Crippen LogP contribution in [0.15, 0.2) is 6.07 Å².